The van der Waals surface area contributed by atoms with Crippen LogP contribution in [0.4, 0.5) is 0 Å². The van der Waals surface area contributed by atoms with Crippen molar-refractivity contribution in [2.45, 2.75) is 33.4 Å². The first-order valence-corrected chi connectivity index (χ1v) is 7.41. The Labute approximate surface area is 122 Å². The lowest BCUT2D eigenvalue weighted by atomic mass is 10.1. The second-order valence-electron chi connectivity index (χ2n) is 4.81. The van der Waals surface area contributed by atoms with E-state index in [-0.39, 0.29) is 10.8 Å². The van der Waals surface area contributed by atoms with Crippen molar-refractivity contribution in [2.75, 3.05) is 0 Å². The van der Waals surface area contributed by atoms with Gasteiger partial charge in [0, 0.05) is 30.6 Å². The highest BCUT2D eigenvalue weighted by molar-refractivity contribution is 7.07. The van der Waals surface area contributed by atoms with Gasteiger partial charge < -0.3 is 9.88 Å². The molecule has 20 heavy (non-hydrogen) atoms. The summed E-state index contributed by atoms with van der Waals surface area (Å²) in [7, 11) is 0. The Kier molecular flexibility index (Phi) is 4.74. The average Bonchev–Trinajstić information content (AvgIpc) is 2.74. The van der Waals surface area contributed by atoms with Crippen molar-refractivity contribution >= 4 is 17.2 Å². The van der Waals surface area contributed by atoms with E-state index in [0.29, 0.717) is 19.5 Å². The number of amides is 1. The minimum absolute atomic E-state index is 0.00557. The summed E-state index contributed by atoms with van der Waals surface area (Å²) in [6.45, 7) is 4.87. The summed E-state index contributed by atoms with van der Waals surface area (Å²) in [5.41, 5.74) is 3.17. The number of aryl methyl sites for hydroxylation is 2. The second-order valence-corrected chi connectivity index (χ2v) is 5.63. The van der Waals surface area contributed by atoms with E-state index >= 15 is 0 Å². The summed E-state index contributed by atoms with van der Waals surface area (Å²) in [5, 5.41) is 4.69. The number of rotatable bonds is 5. The summed E-state index contributed by atoms with van der Waals surface area (Å²) in [6, 6.07) is 8.04. The lowest BCUT2D eigenvalue weighted by molar-refractivity contribution is -0.121. The minimum atomic E-state index is -0.0380. The van der Waals surface area contributed by atoms with Gasteiger partial charge in [0.15, 0.2) is 0 Å². The third-order valence-corrected chi connectivity index (χ3v) is 3.99. The van der Waals surface area contributed by atoms with Crippen LogP contribution in [0.3, 0.4) is 0 Å². The molecule has 1 N–H and O–H groups in total. The third kappa shape index (κ3) is 3.81. The number of carbonyl (C=O) groups excluding carboxylic acids is 1. The molecule has 0 saturated carbocycles. The van der Waals surface area contributed by atoms with Gasteiger partial charge in [-0.05, 0) is 19.4 Å². The van der Waals surface area contributed by atoms with Gasteiger partial charge >= 0.3 is 4.87 Å². The number of hydrogen-bond donors (Lipinski definition) is 1. The van der Waals surface area contributed by atoms with Crippen LogP contribution >= 0.6 is 11.3 Å². The first-order valence-electron chi connectivity index (χ1n) is 6.53. The maximum absolute atomic E-state index is 11.8. The fourth-order valence-corrected chi connectivity index (χ4v) is 2.76. The van der Waals surface area contributed by atoms with Crippen LogP contribution < -0.4 is 10.2 Å². The topological polar surface area (TPSA) is 51.1 Å². The summed E-state index contributed by atoms with van der Waals surface area (Å²) < 4.78 is 1.64. The van der Waals surface area contributed by atoms with Gasteiger partial charge in [0.05, 0.1) is 0 Å². The number of nitrogens with zero attached hydrogens (tertiary/aromatic N) is 1. The quantitative estimate of drug-likeness (QED) is 0.918. The van der Waals surface area contributed by atoms with Crippen molar-refractivity contribution in [1.82, 2.24) is 9.88 Å². The molecule has 0 spiro atoms. The molecule has 2 rings (SSSR count). The van der Waals surface area contributed by atoms with Gasteiger partial charge in [0.25, 0.3) is 0 Å². The molecule has 1 aromatic heterocycles. The van der Waals surface area contributed by atoms with E-state index in [9.17, 15) is 9.59 Å². The van der Waals surface area contributed by atoms with Gasteiger partial charge in [-0.25, -0.2) is 0 Å². The van der Waals surface area contributed by atoms with Crippen molar-refractivity contribution in [2.24, 2.45) is 0 Å². The van der Waals surface area contributed by atoms with Gasteiger partial charge in [0.1, 0.15) is 0 Å². The fraction of sp³-hybridized carbons (Fsp3) is 0.333. The molecule has 0 aliphatic rings. The molecule has 4 nitrogen and oxygen atoms in total. The second kappa shape index (κ2) is 6.52. The molecule has 0 bridgehead atoms. The van der Waals surface area contributed by atoms with Crippen molar-refractivity contribution in [3.63, 3.8) is 0 Å². The van der Waals surface area contributed by atoms with Crippen LogP contribution in [0.2, 0.25) is 0 Å². The molecule has 0 saturated heterocycles. The van der Waals surface area contributed by atoms with Crippen LogP contribution in [-0.2, 0) is 17.9 Å². The van der Waals surface area contributed by atoms with Crippen LogP contribution in [0, 0.1) is 13.8 Å². The van der Waals surface area contributed by atoms with E-state index in [4.69, 9.17) is 0 Å². The molecule has 0 aliphatic heterocycles. The summed E-state index contributed by atoms with van der Waals surface area (Å²) in [4.78, 5) is 23.3. The molecule has 0 atom stereocenters. The van der Waals surface area contributed by atoms with Crippen LogP contribution in [0.1, 0.15) is 23.2 Å². The Balaban J connectivity index is 1.83. The molecular weight excluding hydrogens is 272 g/mol. The Morgan fingerprint density at radius 1 is 1.35 bits per heavy atom. The van der Waals surface area contributed by atoms with E-state index in [1.807, 2.05) is 43.5 Å². The van der Waals surface area contributed by atoms with Gasteiger partial charge in [-0.3, -0.25) is 9.59 Å². The molecule has 5 heteroatoms. The number of carbonyl (C=O) groups is 1. The van der Waals surface area contributed by atoms with E-state index < -0.39 is 0 Å². The Morgan fingerprint density at radius 3 is 2.80 bits per heavy atom. The zero-order chi connectivity index (χ0) is 14.5. The van der Waals surface area contributed by atoms with Gasteiger partial charge in [-0.15, -0.1) is 0 Å². The predicted octanol–water partition coefficient (Wildman–Crippen LogP) is 2.23. The maximum atomic E-state index is 11.8. The standard InChI is InChI=1S/C15H18N2O2S/c1-11-4-3-5-13(8-11)9-16-14(18)6-7-17-12(2)10-20-15(17)19/h3-5,8,10H,6-7,9H2,1-2H3,(H,16,18). The van der Waals surface area contributed by atoms with E-state index in [2.05, 4.69) is 5.32 Å². The van der Waals surface area contributed by atoms with Crippen LogP contribution in [-0.4, -0.2) is 10.5 Å². The van der Waals surface area contributed by atoms with E-state index in [0.717, 1.165) is 11.3 Å². The van der Waals surface area contributed by atoms with Crippen molar-refractivity contribution in [3.05, 3.63) is 56.1 Å². The van der Waals surface area contributed by atoms with Crippen LogP contribution in [0.15, 0.2) is 34.4 Å². The highest BCUT2D eigenvalue weighted by atomic mass is 32.1. The first kappa shape index (κ1) is 14.5. The normalized spacial score (nSPS) is 10.5. The largest absolute Gasteiger partial charge is 0.352 e. The summed E-state index contributed by atoms with van der Waals surface area (Å²) in [6.07, 6.45) is 0.323. The zero-order valence-corrected chi connectivity index (χ0v) is 12.5. The van der Waals surface area contributed by atoms with Crippen molar-refractivity contribution in [3.8, 4) is 0 Å². The van der Waals surface area contributed by atoms with Crippen LogP contribution in [0.25, 0.3) is 0 Å². The predicted molar refractivity (Wildman–Crippen MR) is 81.0 cm³/mol. The monoisotopic (exact) mass is 290 g/mol. The minimum Gasteiger partial charge on any atom is -0.352 e. The lowest BCUT2D eigenvalue weighted by Crippen LogP contribution is -2.26. The Hall–Kier alpha value is -1.88. The molecule has 1 heterocycles. The zero-order valence-electron chi connectivity index (χ0n) is 11.7. The van der Waals surface area contributed by atoms with Crippen LogP contribution in [0.5, 0.6) is 0 Å². The molecule has 1 amide bonds. The lowest BCUT2D eigenvalue weighted by Gasteiger charge is -2.07. The fourth-order valence-electron chi connectivity index (χ4n) is 2.00. The molecule has 0 aliphatic carbocycles. The highest BCUT2D eigenvalue weighted by Gasteiger charge is 2.06. The first-order chi connectivity index (χ1) is 9.56. The molecule has 0 unspecified atom stereocenters. The van der Waals surface area contributed by atoms with Gasteiger partial charge in [-0.1, -0.05) is 41.2 Å². The van der Waals surface area contributed by atoms with E-state index in [1.165, 1.54) is 16.9 Å². The van der Waals surface area contributed by atoms with Crippen molar-refractivity contribution < 1.29 is 4.79 Å². The van der Waals surface area contributed by atoms with E-state index in [1.54, 1.807) is 4.57 Å². The Bertz CT molecular complexity index is 658. The smallest absolute Gasteiger partial charge is 0.307 e. The summed E-state index contributed by atoms with van der Waals surface area (Å²) in [5.74, 6) is -0.0380. The SMILES string of the molecule is Cc1cccc(CNC(=O)CCn2c(C)csc2=O)c1. The molecule has 0 radical (unpaired) electrons. The molecule has 106 valence electrons. The van der Waals surface area contributed by atoms with Crippen molar-refractivity contribution in [1.29, 1.82) is 0 Å². The number of aromatic nitrogens is 1. The number of nitrogens with one attached hydrogen (secondary N) is 1. The number of hydrogen-bond acceptors (Lipinski definition) is 3. The molecule has 1 aromatic carbocycles. The number of benzene rings is 1. The maximum Gasteiger partial charge on any atom is 0.307 e. The molecular formula is C15H18N2O2S. The number of thiazole rings is 1. The molecule has 2 aromatic rings. The Morgan fingerprint density at radius 2 is 2.15 bits per heavy atom. The molecule has 0 fully saturated rings. The average molecular weight is 290 g/mol. The highest BCUT2D eigenvalue weighted by Crippen LogP contribution is 2.04. The summed E-state index contributed by atoms with van der Waals surface area (Å²) >= 11 is 1.17. The van der Waals surface area contributed by atoms with Gasteiger partial charge in [-0.2, -0.15) is 0 Å². The van der Waals surface area contributed by atoms with Gasteiger partial charge in [0.2, 0.25) is 5.91 Å². The third-order valence-electron chi connectivity index (χ3n) is 3.11.